The van der Waals surface area contributed by atoms with Crippen molar-refractivity contribution in [1.82, 2.24) is 0 Å². The van der Waals surface area contributed by atoms with E-state index in [1.807, 2.05) is 0 Å². The predicted molar refractivity (Wildman–Crippen MR) is 97.6 cm³/mol. The van der Waals surface area contributed by atoms with E-state index in [-0.39, 0.29) is 0 Å². The van der Waals surface area contributed by atoms with Crippen molar-refractivity contribution in [2.75, 3.05) is 19.8 Å². The van der Waals surface area contributed by atoms with E-state index in [4.69, 9.17) is 9.47 Å². The molecule has 0 N–H and O–H groups in total. The summed E-state index contributed by atoms with van der Waals surface area (Å²) in [5, 5.41) is 0. The van der Waals surface area contributed by atoms with Crippen LogP contribution in [0.15, 0.2) is 0 Å². The van der Waals surface area contributed by atoms with Gasteiger partial charge in [-0.2, -0.15) is 0 Å². The molecule has 0 saturated heterocycles. The Hall–Kier alpha value is -0.0800. The molecule has 0 aromatic heterocycles. The van der Waals surface area contributed by atoms with Gasteiger partial charge in [0.25, 0.3) is 0 Å². The predicted octanol–water partition coefficient (Wildman–Crippen LogP) is 6.52. The second-order valence-corrected chi connectivity index (χ2v) is 6.51. The second-order valence-electron chi connectivity index (χ2n) is 6.51. The summed E-state index contributed by atoms with van der Waals surface area (Å²) >= 11 is 0. The maximum absolute atomic E-state index is 5.93. The molecule has 0 bridgehead atoms. The molecule has 0 spiro atoms. The van der Waals surface area contributed by atoms with Gasteiger partial charge in [-0.25, -0.2) is 0 Å². The maximum atomic E-state index is 5.93. The Kier molecular flexibility index (Phi) is 18.9. The Balaban J connectivity index is 3.29. The van der Waals surface area contributed by atoms with E-state index in [1.165, 1.54) is 77.0 Å². The average Bonchev–Trinajstić information content (AvgIpc) is 2.54. The van der Waals surface area contributed by atoms with Crippen molar-refractivity contribution in [3.8, 4) is 0 Å². The van der Waals surface area contributed by atoms with Crippen LogP contribution >= 0.6 is 0 Å². The summed E-state index contributed by atoms with van der Waals surface area (Å²) in [6, 6.07) is 0. The van der Waals surface area contributed by atoms with Crippen LogP contribution in [0, 0.1) is 0 Å². The SMILES string of the molecule is CCCCCCCCOCC(CC)OCCCCCCCC. The van der Waals surface area contributed by atoms with Crippen molar-refractivity contribution in [3.05, 3.63) is 0 Å². The van der Waals surface area contributed by atoms with Crippen molar-refractivity contribution in [2.24, 2.45) is 0 Å². The lowest BCUT2D eigenvalue weighted by molar-refractivity contribution is -0.0200. The summed E-state index contributed by atoms with van der Waals surface area (Å²) in [7, 11) is 0. The summed E-state index contributed by atoms with van der Waals surface area (Å²) < 4.78 is 11.7. The molecule has 0 rings (SSSR count). The Morgan fingerprint density at radius 3 is 1.64 bits per heavy atom. The van der Waals surface area contributed by atoms with Crippen molar-refractivity contribution in [3.63, 3.8) is 0 Å². The van der Waals surface area contributed by atoms with Gasteiger partial charge in [0.1, 0.15) is 0 Å². The van der Waals surface area contributed by atoms with E-state index in [0.717, 1.165) is 26.2 Å². The van der Waals surface area contributed by atoms with Gasteiger partial charge >= 0.3 is 0 Å². The van der Waals surface area contributed by atoms with E-state index in [0.29, 0.717) is 6.10 Å². The van der Waals surface area contributed by atoms with Crippen molar-refractivity contribution >= 4 is 0 Å². The third-order valence-electron chi connectivity index (χ3n) is 4.25. The molecule has 2 nitrogen and oxygen atoms in total. The minimum Gasteiger partial charge on any atom is -0.379 e. The molecule has 0 aliphatic carbocycles. The van der Waals surface area contributed by atoms with Gasteiger partial charge in [-0.15, -0.1) is 0 Å². The molecule has 0 aromatic carbocycles. The zero-order valence-corrected chi connectivity index (χ0v) is 15.7. The van der Waals surface area contributed by atoms with E-state index in [9.17, 15) is 0 Å². The van der Waals surface area contributed by atoms with Crippen LogP contribution in [0.3, 0.4) is 0 Å². The first-order valence-corrected chi connectivity index (χ1v) is 10.0. The topological polar surface area (TPSA) is 18.5 Å². The van der Waals surface area contributed by atoms with Crippen LogP contribution in [0.1, 0.15) is 104 Å². The van der Waals surface area contributed by atoms with Gasteiger partial charge in [0.15, 0.2) is 0 Å². The van der Waals surface area contributed by atoms with Gasteiger partial charge in [-0.3, -0.25) is 0 Å². The van der Waals surface area contributed by atoms with Gasteiger partial charge in [0, 0.05) is 13.2 Å². The van der Waals surface area contributed by atoms with Crippen LogP contribution in [0.5, 0.6) is 0 Å². The first kappa shape index (κ1) is 21.9. The minimum absolute atomic E-state index is 0.302. The standard InChI is InChI=1S/C20H42O2/c1-4-7-9-11-13-15-17-21-19-20(6-3)22-18-16-14-12-10-8-5-2/h20H,4-19H2,1-3H3. The highest BCUT2D eigenvalue weighted by molar-refractivity contribution is 4.54. The van der Waals surface area contributed by atoms with Crippen LogP contribution in [0.4, 0.5) is 0 Å². The highest BCUT2D eigenvalue weighted by atomic mass is 16.5. The summed E-state index contributed by atoms with van der Waals surface area (Å²) in [6.07, 6.45) is 17.3. The zero-order chi connectivity index (χ0) is 16.3. The highest BCUT2D eigenvalue weighted by Gasteiger charge is 2.06. The van der Waals surface area contributed by atoms with Crippen molar-refractivity contribution in [2.45, 2.75) is 110 Å². The quantitative estimate of drug-likeness (QED) is 0.268. The maximum Gasteiger partial charge on any atom is 0.0805 e. The molecule has 134 valence electrons. The van der Waals surface area contributed by atoms with Crippen LogP contribution < -0.4 is 0 Å². The van der Waals surface area contributed by atoms with Crippen LogP contribution in [-0.2, 0) is 9.47 Å². The molecule has 0 aromatic rings. The summed E-state index contributed by atoms with van der Waals surface area (Å²) in [4.78, 5) is 0. The molecule has 22 heavy (non-hydrogen) atoms. The number of hydrogen-bond acceptors (Lipinski definition) is 2. The molecule has 0 radical (unpaired) electrons. The van der Waals surface area contributed by atoms with Gasteiger partial charge in [-0.05, 0) is 19.3 Å². The molecule has 0 fully saturated rings. The molecule has 0 aliphatic heterocycles. The molecule has 1 unspecified atom stereocenters. The molecule has 2 heteroatoms. The normalized spacial score (nSPS) is 12.7. The van der Waals surface area contributed by atoms with Crippen molar-refractivity contribution in [1.29, 1.82) is 0 Å². The van der Waals surface area contributed by atoms with E-state index in [2.05, 4.69) is 20.8 Å². The van der Waals surface area contributed by atoms with Gasteiger partial charge < -0.3 is 9.47 Å². The fourth-order valence-electron chi connectivity index (χ4n) is 2.62. The van der Waals surface area contributed by atoms with Gasteiger partial charge in [-0.1, -0.05) is 85.0 Å². The average molecular weight is 315 g/mol. The third kappa shape index (κ3) is 16.3. The van der Waals surface area contributed by atoms with Crippen LogP contribution in [0.2, 0.25) is 0 Å². The smallest absolute Gasteiger partial charge is 0.0805 e. The Bertz CT molecular complexity index is 194. The lowest BCUT2D eigenvalue weighted by atomic mass is 10.1. The Morgan fingerprint density at radius 2 is 1.09 bits per heavy atom. The molecular formula is C20H42O2. The molecule has 0 amide bonds. The number of rotatable bonds is 18. The molecule has 0 aliphatic rings. The fourth-order valence-corrected chi connectivity index (χ4v) is 2.62. The molecule has 0 heterocycles. The molecule has 0 saturated carbocycles. The summed E-state index contributed by atoms with van der Waals surface area (Å²) in [5.74, 6) is 0. The third-order valence-corrected chi connectivity index (χ3v) is 4.25. The monoisotopic (exact) mass is 314 g/mol. The minimum atomic E-state index is 0.302. The molecule has 1 atom stereocenters. The van der Waals surface area contributed by atoms with E-state index < -0.39 is 0 Å². The first-order valence-electron chi connectivity index (χ1n) is 10.0. The lowest BCUT2D eigenvalue weighted by Crippen LogP contribution is -2.20. The van der Waals surface area contributed by atoms with E-state index >= 15 is 0 Å². The van der Waals surface area contributed by atoms with Crippen LogP contribution in [-0.4, -0.2) is 25.9 Å². The number of ether oxygens (including phenoxy) is 2. The summed E-state index contributed by atoms with van der Waals surface area (Å²) in [6.45, 7) is 9.31. The van der Waals surface area contributed by atoms with Crippen LogP contribution in [0.25, 0.3) is 0 Å². The highest BCUT2D eigenvalue weighted by Crippen LogP contribution is 2.08. The first-order chi connectivity index (χ1) is 10.8. The van der Waals surface area contributed by atoms with Gasteiger partial charge in [0.05, 0.1) is 12.7 Å². The molecular weight excluding hydrogens is 272 g/mol. The summed E-state index contributed by atoms with van der Waals surface area (Å²) in [5.41, 5.74) is 0. The lowest BCUT2D eigenvalue weighted by Gasteiger charge is -2.16. The van der Waals surface area contributed by atoms with Gasteiger partial charge in [0.2, 0.25) is 0 Å². The second kappa shape index (κ2) is 19.0. The number of hydrogen-bond donors (Lipinski definition) is 0. The Labute approximate surface area is 140 Å². The Morgan fingerprint density at radius 1 is 0.591 bits per heavy atom. The fraction of sp³-hybridized carbons (Fsp3) is 1.00. The largest absolute Gasteiger partial charge is 0.379 e. The van der Waals surface area contributed by atoms with E-state index in [1.54, 1.807) is 0 Å². The van der Waals surface area contributed by atoms with Crippen molar-refractivity contribution < 1.29 is 9.47 Å². The number of unbranched alkanes of at least 4 members (excludes halogenated alkanes) is 10. The zero-order valence-electron chi connectivity index (χ0n) is 15.7.